The van der Waals surface area contributed by atoms with Crippen LogP contribution in [-0.4, -0.2) is 26.5 Å². The molecule has 0 N–H and O–H groups in total. The fraction of sp³-hybridized carbons (Fsp3) is 0.231. The van der Waals surface area contributed by atoms with E-state index in [0.29, 0.717) is 23.6 Å². The molecule has 1 aliphatic heterocycles. The third kappa shape index (κ3) is 1.94. The minimum atomic E-state index is -0.524. The number of amides is 1. The molecule has 1 aromatic heterocycles. The van der Waals surface area contributed by atoms with Crippen LogP contribution in [0.1, 0.15) is 23.1 Å². The van der Waals surface area contributed by atoms with Crippen molar-refractivity contribution in [2.75, 3.05) is 4.90 Å². The number of aromatic nitrogens is 3. The molecule has 2 aromatic rings. The number of anilines is 1. The Morgan fingerprint density at radius 2 is 2.10 bits per heavy atom. The number of ketones is 1. The van der Waals surface area contributed by atoms with Crippen molar-refractivity contribution < 1.29 is 9.59 Å². The molecule has 0 atom stereocenters. The topological polar surface area (TPSA) is 68.1 Å². The van der Waals surface area contributed by atoms with Gasteiger partial charge in [-0.3, -0.25) is 14.5 Å². The number of halogens is 1. The molecule has 0 fully saturated rings. The molecule has 6 nitrogen and oxygen atoms in total. The number of Topliss-reactive ketones (excluding diaryl/α,β-unsaturated/α-hetero) is 1. The second-order valence-corrected chi connectivity index (χ2v) is 5.29. The normalized spacial score (nSPS) is 14.0. The van der Waals surface area contributed by atoms with E-state index >= 15 is 0 Å². The van der Waals surface area contributed by atoms with E-state index in [-0.39, 0.29) is 6.54 Å². The minimum Gasteiger partial charge on any atom is -0.297 e. The van der Waals surface area contributed by atoms with Gasteiger partial charge in [-0.2, -0.15) is 5.10 Å². The van der Waals surface area contributed by atoms with Gasteiger partial charge < -0.3 is 0 Å². The number of carbonyl (C=O) groups is 2. The highest BCUT2D eigenvalue weighted by molar-refractivity contribution is 9.10. The van der Waals surface area contributed by atoms with Gasteiger partial charge in [0, 0.05) is 11.0 Å². The van der Waals surface area contributed by atoms with Crippen molar-refractivity contribution in [1.29, 1.82) is 0 Å². The lowest BCUT2D eigenvalue weighted by atomic mass is 10.1. The maximum Gasteiger partial charge on any atom is 0.299 e. The second-order valence-electron chi connectivity index (χ2n) is 4.37. The maximum absolute atomic E-state index is 12.1. The molecule has 2 heterocycles. The van der Waals surface area contributed by atoms with E-state index in [1.807, 2.05) is 13.0 Å². The van der Waals surface area contributed by atoms with Crippen LogP contribution >= 0.6 is 15.9 Å². The van der Waals surface area contributed by atoms with Gasteiger partial charge >= 0.3 is 0 Å². The summed E-state index contributed by atoms with van der Waals surface area (Å²) >= 11 is 3.31. The zero-order chi connectivity index (χ0) is 14.3. The molecular weight excluding hydrogens is 324 g/mol. The Balaban J connectivity index is 1.99. The third-order valence-electron chi connectivity index (χ3n) is 3.23. The van der Waals surface area contributed by atoms with Gasteiger partial charge in [-0.1, -0.05) is 15.9 Å². The lowest BCUT2D eigenvalue weighted by Gasteiger charge is -2.16. The zero-order valence-electron chi connectivity index (χ0n) is 10.7. The van der Waals surface area contributed by atoms with Crippen LogP contribution in [0.3, 0.4) is 0 Å². The van der Waals surface area contributed by atoms with Crippen LogP contribution in [0, 0.1) is 0 Å². The van der Waals surface area contributed by atoms with E-state index < -0.39 is 11.7 Å². The monoisotopic (exact) mass is 334 g/mol. The van der Waals surface area contributed by atoms with Crippen molar-refractivity contribution >= 4 is 33.3 Å². The molecule has 0 spiro atoms. The molecule has 1 aromatic carbocycles. The van der Waals surface area contributed by atoms with Crippen LogP contribution < -0.4 is 4.90 Å². The van der Waals surface area contributed by atoms with E-state index in [2.05, 4.69) is 26.0 Å². The number of hydrogen-bond donors (Lipinski definition) is 0. The number of rotatable bonds is 3. The number of benzene rings is 1. The van der Waals surface area contributed by atoms with Gasteiger partial charge in [0.2, 0.25) is 0 Å². The van der Waals surface area contributed by atoms with E-state index in [1.54, 1.807) is 16.8 Å². The summed E-state index contributed by atoms with van der Waals surface area (Å²) in [6, 6.07) is 5.23. The van der Waals surface area contributed by atoms with Gasteiger partial charge in [-0.25, -0.2) is 9.67 Å². The molecule has 0 saturated heterocycles. The van der Waals surface area contributed by atoms with E-state index in [0.717, 1.165) is 4.47 Å². The first-order chi connectivity index (χ1) is 9.61. The van der Waals surface area contributed by atoms with Gasteiger partial charge in [0.15, 0.2) is 0 Å². The largest absolute Gasteiger partial charge is 0.299 e. The molecule has 102 valence electrons. The molecule has 0 saturated carbocycles. The lowest BCUT2D eigenvalue weighted by molar-refractivity contribution is -0.114. The van der Waals surface area contributed by atoms with Crippen molar-refractivity contribution in [2.45, 2.75) is 20.0 Å². The molecule has 3 rings (SSSR count). The van der Waals surface area contributed by atoms with Crippen LogP contribution in [0.4, 0.5) is 5.69 Å². The smallest absolute Gasteiger partial charge is 0.297 e. The SMILES string of the molecule is CCn1ncnc1CN1C(=O)C(=O)c2cc(Br)ccc21. The summed E-state index contributed by atoms with van der Waals surface area (Å²) in [6.45, 7) is 2.85. The average Bonchev–Trinajstić information content (AvgIpc) is 2.98. The molecular formula is C13H11BrN4O2. The Morgan fingerprint density at radius 1 is 1.30 bits per heavy atom. The van der Waals surface area contributed by atoms with Crippen LogP contribution in [0.5, 0.6) is 0 Å². The Hall–Kier alpha value is -2.02. The van der Waals surface area contributed by atoms with Crippen molar-refractivity contribution in [3.63, 3.8) is 0 Å². The highest BCUT2D eigenvalue weighted by Gasteiger charge is 2.36. The molecule has 1 amide bonds. The van der Waals surface area contributed by atoms with Crippen molar-refractivity contribution in [3.05, 3.63) is 40.4 Å². The minimum absolute atomic E-state index is 0.243. The molecule has 7 heteroatoms. The van der Waals surface area contributed by atoms with Crippen LogP contribution in [0.2, 0.25) is 0 Å². The highest BCUT2D eigenvalue weighted by atomic mass is 79.9. The Bertz CT molecular complexity index is 710. The summed E-state index contributed by atoms with van der Waals surface area (Å²) < 4.78 is 2.48. The van der Waals surface area contributed by atoms with E-state index in [1.165, 1.54) is 11.2 Å². The fourth-order valence-electron chi connectivity index (χ4n) is 2.25. The molecule has 0 unspecified atom stereocenters. The zero-order valence-corrected chi connectivity index (χ0v) is 12.3. The summed E-state index contributed by atoms with van der Waals surface area (Å²) in [4.78, 5) is 29.7. The Kier molecular flexibility index (Phi) is 3.13. The molecule has 1 aliphatic rings. The van der Waals surface area contributed by atoms with Crippen LogP contribution in [-0.2, 0) is 17.9 Å². The first-order valence-corrected chi connectivity index (χ1v) is 6.93. The summed E-state index contributed by atoms with van der Waals surface area (Å²) in [7, 11) is 0. The maximum atomic E-state index is 12.1. The predicted octanol–water partition coefficient (Wildman–Crippen LogP) is 1.79. The standard InChI is InChI=1S/C13H11BrN4O2/c1-2-18-11(15-7-16-18)6-17-10-4-3-8(14)5-9(10)12(19)13(17)20/h3-5,7H,2,6H2,1H3. The predicted molar refractivity (Wildman–Crippen MR) is 75.4 cm³/mol. The fourth-order valence-corrected chi connectivity index (χ4v) is 2.61. The second kappa shape index (κ2) is 4.82. The summed E-state index contributed by atoms with van der Waals surface area (Å²) in [5.41, 5.74) is 1.04. The Labute approximate surface area is 123 Å². The summed E-state index contributed by atoms with van der Waals surface area (Å²) in [6.07, 6.45) is 1.45. The van der Waals surface area contributed by atoms with Gasteiger partial charge in [-0.05, 0) is 25.1 Å². The van der Waals surface area contributed by atoms with E-state index in [9.17, 15) is 9.59 Å². The average molecular weight is 335 g/mol. The lowest BCUT2D eigenvalue weighted by Crippen LogP contribution is -2.30. The number of aryl methyl sites for hydroxylation is 1. The number of nitrogens with zero attached hydrogens (tertiary/aromatic N) is 4. The van der Waals surface area contributed by atoms with Gasteiger partial charge in [-0.15, -0.1) is 0 Å². The first-order valence-electron chi connectivity index (χ1n) is 6.14. The third-order valence-corrected chi connectivity index (χ3v) is 3.72. The van der Waals surface area contributed by atoms with Crippen LogP contribution in [0.25, 0.3) is 0 Å². The van der Waals surface area contributed by atoms with Crippen LogP contribution in [0.15, 0.2) is 29.0 Å². The quantitative estimate of drug-likeness (QED) is 0.802. The molecule has 0 aliphatic carbocycles. The van der Waals surface area contributed by atoms with Gasteiger partial charge in [0.1, 0.15) is 12.2 Å². The molecule has 20 heavy (non-hydrogen) atoms. The van der Waals surface area contributed by atoms with Crippen molar-refractivity contribution in [2.24, 2.45) is 0 Å². The highest BCUT2D eigenvalue weighted by Crippen LogP contribution is 2.32. The summed E-state index contributed by atoms with van der Waals surface area (Å²) in [5.74, 6) is -0.350. The first kappa shape index (κ1) is 13.0. The number of hydrogen-bond acceptors (Lipinski definition) is 4. The van der Waals surface area contributed by atoms with Crippen molar-refractivity contribution in [1.82, 2.24) is 14.8 Å². The molecule has 0 radical (unpaired) electrons. The molecule has 0 bridgehead atoms. The Morgan fingerprint density at radius 3 is 2.85 bits per heavy atom. The van der Waals surface area contributed by atoms with Gasteiger partial charge in [0.25, 0.3) is 11.7 Å². The number of carbonyl (C=O) groups excluding carboxylic acids is 2. The number of fused-ring (bicyclic) bond motifs is 1. The van der Waals surface area contributed by atoms with E-state index in [4.69, 9.17) is 0 Å². The van der Waals surface area contributed by atoms with Gasteiger partial charge in [0.05, 0.1) is 17.8 Å². The van der Waals surface area contributed by atoms with Crippen molar-refractivity contribution in [3.8, 4) is 0 Å². The summed E-state index contributed by atoms with van der Waals surface area (Å²) in [5, 5.41) is 4.07.